The lowest BCUT2D eigenvalue weighted by molar-refractivity contribution is -0.154. The summed E-state index contributed by atoms with van der Waals surface area (Å²) in [6.07, 6.45) is 2.55. The van der Waals surface area contributed by atoms with Crippen LogP contribution in [0.5, 0.6) is 0 Å². The third kappa shape index (κ3) is 3.23. The van der Waals surface area contributed by atoms with Gasteiger partial charge in [-0.3, -0.25) is 9.69 Å². The van der Waals surface area contributed by atoms with E-state index in [9.17, 15) is 14.7 Å². The largest absolute Gasteiger partial charge is 0.480 e. The minimum atomic E-state index is -0.878. The van der Waals surface area contributed by atoms with E-state index in [1.54, 1.807) is 4.90 Å². The van der Waals surface area contributed by atoms with Crippen LogP contribution in [0.15, 0.2) is 0 Å². The number of carboxylic acid groups (broad SMARTS) is 1. The molecule has 5 nitrogen and oxygen atoms in total. The fourth-order valence-electron chi connectivity index (χ4n) is 3.87. The van der Waals surface area contributed by atoms with Gasteiger partial charge < -0.3 is 10.0 Å². The van der Waals surface area contributed by atoms with Gasteiger partial charge in [0.1, 0.15) is 6.04 Å². The monoisotopic (exact) mass is 296 g/mol. The predicted octanol–water partition coefficient (Wildman–Crippen LogP) is 1.82. The summed E-state index contributed by atoms with van der Waals surface area (Å²) >= 11 is 0. The Morgan fingerprint density at radius 2 is 1.71 bits per heavy atom. The highest BCUT2D eigenvalue weighted by Gasteiger charge is 2.44. The minimum absolute atomic E-state index is 0.0336. The number of amides is 1. The number of likely N-dealkylation sites (tertiary alicyclic amines) is 2. The van der Waals surface area contributed by atoms with Crippen LogP contribution in [-0.2, 0) is 9.59 Å². The van der Waals surface area contributed by atoms with Crippen molar-refractivity contribution in [2.75, 3.05) is 19.6 Å². The van der Waals surface area contributed by atoms with Crippen LogP contribution in [0.25, 0.3) is 0 Å². The van der Waals surface area contributed by atoms with E-state index in [-0.39, 0.29) is 5.91 Å². The molecule has 2 aliphatic rings. The molecule has 21 heavy (non-hydrogen) atoms. The van der Waals surface area contributed by atoms with Crippen LogP contribution in [0.3, 0.4) is 0 Å². The van der Waals surface area contributed by atoms with Crippen LogP contribution in [0.2, 0.25) is 0 Å². The summed E-state index contributed by atoms with van der Waals surface area (Å²) < 4.78 is 0. The first-order chi connectivity index (χ1) is 9.73. The fraction of sp³-hybridized carbons (Fsp3) is 0.875. The van der Waals surface area contributed by atoms with Gasteiger partial charge in [-0.2, -0.15) is 0 Å². The molecular weight excluding hydrogens is 268 g/mol. The molecule has 0 aromatic rings. The van der Waals surface area contributed by atoms with Crippen molar-refractivity contribution in [1.29, 1.82) is 0 Å². The average Bonchev–Trinajstić information content (AvgIpc) is 2.85. The molecule has 2 rings (SSSR count). The molecule has 0 spiro atoms. The van der Waals surface area contributed by atoms with Crippen LogP contribution in [0.1, 0.15) is 47.0 Å². The van der Waals surface area contributed by atoms with E-state index in [2.05, 4.69) is 18.7 Å². The SMILES string of the molecule is CC1CC(C)CN(C(C)(C)C(=O)N2CCCC2C(=O)O)C1. The van der Waals surface area contributed by atoms with E-state index in [4.69, 9.17) is 0 Å². The number of hydrogen-bond acceptors (Lipinski definition) is 3. The smallest absolute Gasteiger partial charge is 0.326 e. The van der Waals surface area contributed by atoms with Gasteiger partial charge in [-0.05, 0) is 44.9 Å². The number of rotatable bonds is 3. The molecule has 2 heterocycles. The molecule has 0 radical (unpaired) electrons. The van der Waals surface area contributed by atoms with Gasteiger partial charge in [0.05, 0.1) is 5.54 Å². The van der Waals surface area contributed by atoms with Crippen molar-refractivity contribution >= 4 is 11.9 Å². The zero-order chi connectivity index (χ0) is 15.8. The first-order valence-electron chi connectivity index (χ1n) is 8.02. The second-order valence-electron chi connectivity index (χ2n) is 7.40. The highest BCUT2D eigenvalue weighted by molar-refractivity contribution is 5.90. The standard InChI is InChI=1S/C16H28N2O3/c1-11-8-12(2)10-17(9-11)16(3,4)15(21)18-7-5-6-13(18)14(19)20/h11-13H,5-10H2,1-4H3,(H,19,20). The Bertz CT molecular complexity index is 412. The Morgan fingerprint density at radius 3 is 2.24 bits per heavy atom. The van der Waals surface area contributed by atoms with Crippen LogP contribution < -0.4 is 0 Å². The summed E-state index contributed by atoms with van der Waals surface area (Å²) in [5, 5.41) is 9.29. The number of aliphatic carboxylic acids is 1. The molecule has 2 aliphatic heterocycles. The van der Waals surface area contributed by atoms with Crippen molar-refractivity contribution in [3.05, 3.63) is 0 Å². The maximum absolute atomic E-state index is 12.9. The topological polar surface area (TPSA) is 60.9 Å². The van der Waals surface area contributed by atoms with Gasteiger partial charge in [-0.25, -0.2) is 4.79 Å². The molecule has 0 aliphatic carbocycles. The molecule has 120 valence electrons. The lowest BCUT2D eigenvalue weighted by atomic mass is 9.87. The third-order valence-corrected chi connectivity index (χ3v) is 4.98. The quantitative estimate of drug-likeness (QED) is 0.863. The molecule has 2 fully saturated rings. The summed E-state index contributed by atoms with van der Waals surface area (Å²) in [6, 6.07) is -0.642. The maximum atomic E-state index is 12.9. The number of piperidine rings is 1. The van der Waals surface area contributed by atoms with Crippen LogP contribution in [-0.4, -0.2) is 58.0 Å². The summed E-state index contributed by atoms with van der Waals surface area (Å²) in [5.74, 6) is 0.245. The van der Waals surface area contributed by atoms with E-state index < -0.39 is 17.6 Å². The van der Waals surface area contributed by atoms with Crippen LogP contribution in [0, 0.1) is 11.8 Å². The molecule has 5 heteroatoms. The van der Waals surface area contributed by atoms with Crippen molar-refractivity contribution < 1.29 is 14.7 Å². The number of carbonyl (C=O) groups excluding carboxylic acids is 1. The Morgan fingerprint density at radius 1 is 1.14 bits per heavy atom. The lowest BCUT2D eigenvalue weighted by Crippen LogP contribution is -2.60. The number of carboxylic acids is 1. The third-order valence-electron chi connectivity index (χ3n) is 4.98. The molecule has 0 aromatic heterocycles. The summed E-state index contributed by atoms with van der Waals surface area (Å²) in [6.45, 7) is 10.7. The van der Waals surface area contributed by atoms with Crippen molar-refractivity contribution in [1.82, 2.24) is 9.80 Å². The van der Waals surface area contributed by atoms with Crippen molar-refractivity contribution in [3.8, 4) is 0 Å². The van der Waals surface area contributed by atoms with Gasteiger partial charge in [0.2, 0.25) is 5.91 Å². The van der Waals surface area contributed by atoms with Crippen molar-refractivity contribution in [2.24, 2.45) is 11.8 Å². The van der Waals surface area contributed by atoms with Crippen LogP contribution >= 0.6 is 0 Å². The molecule has 0 bridgehead atoms. The highest BCUT2D eigenvalue weighted by atomic mass is 16.4. The summed E-state index contributed by atoms with van der Waals surface area (Å²) in [4.78, 5) is 28.0. The van der Waals surface area contributed by atoms with E-state index in [1.165, 1.54) is 6.42 Å². The molecule has 1 amide bonds. The van der Waals surface area contributed by atoms with Gasteiger partial charge >= 0.3 is 5.97 Å². The lowest BCUT2D eigenvalue weighted by Gasteiger charge is -2.45. The molecule has 0 saturated carbocycles. The second kappa shape index (κ2) is 5.95. The van der Waals surface area contributed by atoms with Crippen LogP contribution in [0.4, 0.5) is 0 Å². The second-order valence-corrected chi connectivity index (χ2v) is 7.40. The van der Waals surface area contributed by atoms with Gasteiger partial charge in [0.15, 0.2) is 0 Å². The maximum Gasteiger partial charge on any atom is 0.326 e. The van der Waals surface area contributed by atoms with Crippen molar-refractivity contribution in [2.45, 2.75) is 58.5 Å². The first kappa shape index (κ1) is 16.3. The van der Waals surface area contributed by atoms with Gasteiger partial charge in [0, 0.05) is 19.6 Å². The Balaban J connectivity index is 2.14. The summed E-state index contributed by atoms with van der Waals surface area (Å²) in [7, 11) is 0. The molecule has 3 unspecified atom stereocenters. The zero-order valence-corrected chi connectivity index (χ0v) is 13.6. The number of nitrogens with zero attached hydrogens (tertiary/aromatic N) is 2. The van der Waals surface area contributed by atoms with Gasteiger partial charge in [-0.1, -0.05) is 13.8 Å². The van der Waals surface area contributed by atoms with E-state index in [1.807, 2.05) is 13.8 Å². The summed E-state index contributed by atoms with van der Waals surface area (Å²) in [5.41, 5.74) is -0.624. The highest BCUT2D eigenvalue weighted by Crippen LogP contribution is 2.30. The Kier molecular flexibility index (Phi) is 4.61. The molecule has 0 aromatic carbocycles. The molecule has 2 saturated heterocycles. The average molecular weight is 296 g/mol. The van der Waals surface area contributed by atoms with E-state index in [0.717, 1.165) is 19.5 Å². The first-order valence-corrected chi connectivity index (χ1v) is 8.02. The Hall–Kier alpha value is -1.10. The van der Waals surface area contributed by atoms with Gasteiger partial charge in [-0.15, -0.1) is 0 Å². The van der Waals surface area contributed by atoms with E-state index in [0.29, 0.717) is 24.8 Å². The van der Waals surface area contributed by atoms with Gasteiger partial charge in [0.25, 0.3) is 0 Å². The molecule has 1 N–H and O–H groups in total. The van der Waals surface area contributed by atoms with E-state index >= 15 is 0 Å². The zero-order valence-electron chi connectivity index (χ0n) is 13.6. The predicted molar refractivity (Wildman–Crippen MR) is 81.0 cm³/mol. The number of hydrogen-bond donors (Lipinski definition) is 1. The molecular formula is C16H28N2O3. The van der Waals surface area contributed by atoms with Crippen molar-refractivity contribution in [3.63, 3.8) is 0 Å². The fourth-order valence-corrected chi connectivity index (χ4v) is 3.87. The number of carbonyl (C=O) groups is 2. The molecule has 3 atom stereocenters. The Labute approximate surface area is 127 Å². The minimum Gasteiger partial charge on any atom is -0.480 e. The normalized spacial score (nSPS) is 31.4.